The molecule has 2 amide bonds. The van der Waals surface area contributed by atoms with Gasteiger partial charge in [-0.2, -0.15) is 0 Å². The summed E-state index contributed by atoms with van der Waals surface area (Å²) in [5.41, 5.74) is 0.417. The molecule has 1 fully saturated rings. The molecular formula is C23H26F2N4O4. The van der Waals surface area contributed by atoms with E-state index in [4.69, 9.17) is 9.47 Å². The van der Waals surface area contributed by atoms with Crippen LogP contribution in [-0.2, 0) is 14.9 Å². The molecule has 0 unspecified atom stereocenters. The van der Waals surface area contributed by atoms with Crippen molar-refractivity contribution in [2.45, 2.75) is 51.0 Å². The number of carbonyl (C=O) groups is 2. The number of nitrogens with one attached hydrogen (secondary N) is 1. The van der Waals surface area contributed by atoms with Crippen LogP contribution in [0.4, 0.5) is 20.3 Å². The first-order valence-corrected chi connectivity index (χ1v) is 10.7. The van der Waals surface area contributed by atoms with Crippen LogP contribution in [-0.4, -0.2) is 53.6 Å². The molecule has 2 aromatic rings. The number of fused-ring (bicyclic) bond motifs is 1. The molecule has 1 aromatic carbocycles. The summed E-state index contributed by atoms with van der Waals surface area (Å²) in [6, 6.07) is 6.43. The number of anilines is 2. The van der Waals surface area contributed by atoms with E-state index in [2.05, 4.69) is 15.3 Å². The van der Waals surface area contributed by atoms with Gasteiger partial charge in [0.25, 0.3) is 12.3 Å². The average molecular weight is 460 g/mol. The number of ether oxygens (including phenoxy) is 2. The van der Waals surface area contributed by atoms with E-state index in [0.29, 0.717) is 30.0 Å². The summed E-state index contributed by atoms with van der Waals surface area (Å²) in [5, 5.41) is 3.10. The van der Waals surface area contributed by atoms with Crippen molar-refractivity contribution in [1.82, 2.24) is 15.3 Å². The zero-order chi connectivity index (χ0) is 23.8. The molecule has 8 nitrogen and oxygen atoms in total. The van der Waals surface area contributed by atoms with Gasteiger partial charge < -0.3 is 14.8 Å². The van der Waals surface area contributed by atoms with Gasteiger partial charge >= 0.3 is 0 Å². The lowest BCUT2D eigenvalue weighted by atomic mass is 9.85. The summed E-state index contributed by atoms with van der Waals surface area (Å²) < 4.78 is 35.3. The number of hydrogen-bond donors (Lipinski definition) is 1. The highest BCUT2D eigenvalue weighted by molar-refractivity contribution is 6.12. The Balaban J connectivity index is 1.63. The van der Waals surface area contributed by atoms with Crippen molar-refractivity contribution in [2.75, 3.05) is 24.7 Å². The van der Waals surface area contributed by atoms with E-state index >= 15 is 0 Å². The van der Waals surface area contributed by atoms with E-state index in [1.165, 1.54) is 11.0 Å². The van der Waals surface area contributed by atoms with Crippen molar-refractivity contribution in [3.63, 3.8) is 0 Å². The molecule has 2 aliphatic heterocycles. The summed E-state index contributed by atoms with van der Waals surface area (Å²) in [5.74, 6) is -0.323. The number of benzene rings is 1. The first-order valence-electron chi connectivity index (χ1n) is 10.7. The van der Waals surface area contributed by atoms with Crippen LogP contribution < -0.4 is 15.0 Å². The van der Waals surface area contributed by atoms with Crippen LogP contribution >= 0.6 is 0 Å². The predicted octanol–water partition coefficient (Wildman–Crippen LogP) is 3.38. The fraction of sp³-hybridized carbons (Fsp3) is 0.478. The minimum atomic E-state index is -2.65. The van der Waals surface area contributed by atoms with Gasteiger partial charge in [0.15, 0.2) is 6.61 Å². The third-order valence-electron chi connectivity index (χ3n) is 6.14. The monoisotopic (exact) mass is 460 g/mol. The lowest BCUT2D eigenvalue weighted by Crippen LogP contribution is -2.49. The van der Waals surface area contributed by atoms with Crippen molar-refractivity contribution in [1.29, 1.82) is 0 Å². The number of amides is 2. The second-order valence-electron chi connectivity index (χ2n) is 9.04. The molecule has 1 N–H and O–H groups in total. The van der Waals surface area contributed by atoms with Crippen LogP contribution in [0.1, 0.15) is 49.5 Å². The van der Waals surface area contributed by atoms with Crippen molar-refractivity contribution in [3.05, 3.63) is 41.7 Å². The number of hydrogen-bond acceptors (Lipinski definition) is 6. The van der Waals surface area contributed by atoms with Crippen LogP contribution in [0.25, 0.3) is 0 Å². The fourth-order valence-corrected chi connectivity index (χ4v) is 4.08. The zero-order valence-corrected chi connectivity index (χ0v) is 18.7. The molecule has 33 heavy (non-hydrogen) atoms. The van der Waals surface area contributed by atoms with E-state index in [0.717, 1.165) is 19.2 Å². The Morgan fingerprint density at radius 3 is 2.64 bits per heavy atom. The molecule has 0 radical (unpaired) electrons. The number of aromatic nitrogens is 2. The summed E-state index contributed by atoms with van der Waals surface area (Å²) in [4.78, 5) is 35.7. The number of halogens is 2. The molecule has 2 aliphatic rings. The van der Waals surface area contributed by atoms with Gasteiger partial charge in [-0.25, -0.2) is 18.7 Å². The van der Waals surface area contributed by atoms with E-state index in [1.54, 1.807) is 32.0 Å². The third-order valence-corrected chi connectivity index (χ3v) is 6.14. The van der Waals surface area contributed by atoms with E-state index in [-0.39, 0.29) is 29.1 Å². The van der Waals surface area contributed by atoms with Crippen LogP contribution in [0.15, 0.2) is 30.6 Å². The van der Waals surface area contributed by atoms with Crippen molar-refractivity contribution >= 4 is 23.3 Å². The van der Waals surface area contributed by atoms with Crippen LogP contribution in [0, 0.1) is 0 Å². The third kappa shape index (κ3) is 4.52. The summed E-state index contributed by atoms with van der Waals surface area (Å²) in [6.07, 6.45) is -0.0365. The Morgan fingerprint density at radius 2 is 1.94 bits per heavy atom. The molecule has 176 valence electrons. The maximum Gasteiger partial charge on any atom is 0.272 e. The fourth-order valence-electron chi connectivity index (χ4n) is 4.08. The standard InChI is InChI=1S/C23H26F2N4O4/c1-22(2)15-10-14(20(30)28-23(3)6-8-32-9-7-23)4-5-16(15)29(21(22)31)18-11-19(27-13-26-18)33-12-17(24)25/h4-5,10-11,13,17H,6-9,12H2,1-3H3,(H,28,30). The van der Waals surface area contributed by atoms with Crippen LogP contribution in [0.3, 0.4) is 0 Å². The van der Waals surface area contributed by atoms with E-state index in [9.17, 15) is 18.4 Å². The van der Waals surface area contributed by atoms with Gasteiger partial charge in [-0.15, -0.1) is 0 Å². The Morgan fingerprint density at radius 1 is 1.21 bits per heavy atom. The number of rotatable bonds is 6. The van der Waals surface area contributed by atoms with Crippen LogP contribution in [0.2, 0.25) is 0 Å². The summed E-state index contributed by atoms with van der Waals surface area (Å²) in [7, 11) is 0. The SMILES string of the molecule is CC1(NC(=O)c2ccc3c(c2)C(C)(C)C(=O)N3c2cc(OCC(F)F)ncn2)CCOCC1. The van der Waals surface area contributed by atoms with Gasteiger partial charge in [0.2, 0.25) is 11.8 Å². The van der Waals surface area contributed by atoms with E-state index in [1.807, 2.05) is 6.92 Å². The van der Waals surface area contributed by atoms with E-state index < -0.39 is 18.4 Å². The highest BCUT2D eigenvalue weighted by Crippen LogP contribution is 2.45. The molecule has 3 heterocycles. The van der Waals surface area contributed by atoms with Crippen molar-refractivity contribution in [2.24, 2.45) is 0 Å². The van der Waals surface area contributed by atoms with Gasteiger partial charge in [-0.1, -0.05) is 0 Å². The Hall–Kier alpha value is -3.14. The molecule has 0 atom stereocenters. The molecular weight excluding hydrogens is 434 g/mol. The largest absolute Gasteiger partial charge is 0.471 e. The highest BCUT2D eigenvalue weighted by atomic mass is 19.3. The van der Waals surface area contributed by atoms with Gasteiger partial charge in [0.05, 0.1) is 11.1 Å². The summed E-state index contributed by atoms with van der Waals surface area (Å²) >= 11 is 0. The quantitative estimate of drug-likeness (QED) is 0.711. The molecule has 1 saturated heterocycles. The van der Waals surface area contributed by atoms with Gasteiger partial charge in [-0.3, -0.25) is 14.5 Å². The first-order chi connectivity index (χ1) is 15.6. The second kappa shape index (κ2) is 8.66. The molecule has 10 heteroatoms. The minimum absolute atomic E-state index is 0.0555. The Bertz CT molecular complexity index is 1070. The molecule has 0 aliphatic carbocycles. The molecule has 4 rings (SSSR count). The number of carbonyl (C=O) groups excluding carboxylic acids is 2. The van der Waals surface area contributed by atoms with Crippen molar-refractivity contribution in [3.8, 4) is 5.88 Å². The summed E-state index contributed by atoms with van der Waals surface area (Å²) in [6.45, 7) is 5.92. The normalized spacial score (nSPS) is 18.8. The van der Waals surface area contributed by atoms with Gasteiger partial charge in [0, 0.05) is 30.4 Å². The maximum atomic E-state index is 13.3. The first kappa shape index (κ1) is 23.0. The lowest BCUT2D eigenvalue weighted by Gasteiger charge is -2.34. The Labute approximate surface area is 190 Å². The molecule has 1 aromatic heterocycles. The average Bonchev–Trinajstić information content (AvgIpc) is 2.98. The van der Waals surface area contributed by atoms with Gasteiger partial charge in [0.1, 0.15) is 12.1 Å². The zero-order valence-electron chi connectivity index (χ0n) is 18.7. The van der Waals surface area contributed by atoms with Gasteiger partial charge in [-0.05, 0) is 57.4 Å². The number of nitrogens with zero attached hydrogens (tertiary/aromatic N) is 3. The lowest BCUT2D eigenvalue weighted by molar-refractivity contribution is -0.121. The maximum absolute atomic E-state index is 13.3. The van der Waals surface area contributed by atoms with Crippen LogP contribution in [0.5, 0.6) is 5.88 Å². The number of alkyl halides is 2. The molecule has 0 bridgehead atoms. The Kier molecular flexibility index (Phi) is 6.04. The second-order valence-corrected chi connectivity index (χ2v) is 9.04. The molecule has 0 saturated carbocycles. The molecule has 0 spiro atoms. The predicted molar refractivity (Wildman–Crippen MR) is 116 cm³/mol. The smallest absolute Gasteiger partial charge is 0.272 e. The minimum Gasteiger partial charge on any atom is -0.471 e. The highest BCUT2D eigenvalue weighted by Gasteiger charge is 2.45. The topological polar surface area (TPSA) is 93.7 Å². The van der Waals surface area contributed by atoms with Crippen molar-refractivity contribution < 1.29 is 27.8 Å².